The second kappa shape index (κ2) is 5.35. The first-order chi connectivity index (χ1) is 9.75. The Labute approximate surface area is 124 Å². The van der Waals surface area contributed by atoms with E-state index in [1.165, 1.54) is 6.08 Å². The molecule has 0 spiro atoms. The molecule has 0 atom stereocenters. The Kier molecular flexibility index (Phi) is 3.89. The maximum absolute atomic E-state index is 12.4. The highest BCUT2D eigenvalue weighted by molar-refractivity contribution is 5.98. The van der Waals surface area contributed by atoms with Crippen molar-refractivity contribution >= 4 is 17.9 Å². The van der Waals surface area contributed by atoms with Crippen LogP contribution in [0.4, 0.5) is 0 Å². The van der Waals surface area contributed by atoms with Crippen LogP contribution in [-0.2, 0) is 16.6 Å². The van der Waals surface area contributed by atoms with E-state index in [9.17, 15) is 9.59 Å². The molecule has 0 aliphatic carbocycles. The second-order valence-corrected chi connectivity index (χ2v) is 5.85. The molecular formula is C15H22N4O2. The lowest BCUT2D eigenvalue weighted by Crippen LogP contribution is -2.63. The van der Waals surface area contributed by atoms with Crippen molar-refractivity contribution in [3.8, 4) is 0 Å². The zero-order chi connectivity index (χ0) is 15.8. The normalized spacial score (nSPS) is 18.1. The van der Waals surface area contributed by atoms with Crippen LogP contribution in [0.5, 0.6) is 0 Å². The number of rotatable bonds is 2. The lowest BCUT2D eigenvalue weighted by molar-refractivity contribution is -0.146. The Balaban J connectivity index is 2.21. The third-order valence-electron chi connectivity index (χ3n) is 4.08. The summed E-state index contributed by atoms with van der Waals surface area (Å²) in [4.78, 5) is 25.9. The van der Waals surface area contributed by atoms with E-state index < -0.39 is 5.54 Å². The molecule has 2 heterocycles. The number of piperazine rings is 1. The highest BCUT2D eigenvalue weighted by atomic mass is 16.2. The van der Waals surface area contributed by atoms with Crippen LogP contribution < -0.4 is 5.32 Å². The minimum atomic E-state index is -0.821. The number of aromatic nitrogens is 2. The van der Waals surface area contributed by atoms with Crippen molar-refractivity contribution in [3.63, 3.8) is 0 Å². The second-order valence-electron chi connectivity index (χ2n) is 5.85. The quantitative estimate of drug-likeness (QED) is 0.819. The molecule has 6 heteroatoms. The summed E-state index contributed by atoms with van der Waals surface area (Å²) in [6.45, 7) is 8.40. The zero-order valence-corrected chi connectivity index (χ0v) is 13.2. The van der Waals surface area contributed by atoms with E-state index in [1.807, 2.05) is 20.9 Å². The van der Waals surface area contributed by atoms with E-state index in [4.69, 9.17) is 0 Å². The molecule has 6 nitrogen and oxygen atoms in total. The number of nitrogens with one attached hydrogen (secondary N) is 1. The van der Waals surface area contributed by atoms with Gasteiger partial charge in [-0.2, -0.15) is 5.10 Å². The molecule has 21 heavy (non-hydrogen) atoms. The molecule has 0 saturated carbocycles. The van der Waals surface area contributed by atoms with Crippen molar-refractivity contribution in [2.75, 3.05) is 13.1 Å². The Hall–Kier alpha value is -2.11. The Morgan fingerprint density at radius 2 is 2.05 bits per heavy atom. The molecule has 0 radical (unpaired) electrons. The molecule has 1 fully saturated rings. The number of aryl methyl sites for hydroxylation is 2. The average Bonchev–Trinajstić information content (AvgIpc) is 2.64. The molecular weight excluding hydrogens is 268 g/mol. The van der Waals surface area contributed by atoms with Gasteiger partial charge in [-0.25, -0.2) is 0 Å². The van der Waals surface area contributed by atoms with Crippen LogP contribution in [0.2, 0.25) is 0 Å². The van der Waals surface area contributed by atoms with Gasteiger partial charge in [0.1, 0.15) is 5.54 Å². The number of carbonyl (C=O) groups is 2. The van der Waals surface area contributed by atoms with E-state index in [-0.39, 0.29) is 11.8 Å². The van der Waals surface area contributed by atoms with E-state index in [0.29, 0.717) is 13.1 Å². The topological polar surface area (TPSA) is 67.2 Å². The molecule has 1 aliphatic heterocycles. The van der Waals surface area contributed by atoms with E-state index in [0.717, 1.165) is 17.0 Å². The van der Waals surface area contributed by atoms with Crippen LogP contribution in [0.15, 0.2) is 6.08 Å². The smallest absolute Gasteiger partial charge is 0.247 e. The van der Waals surface area contributed by atoms with Gasteiger partial charge in [0, 0.05) is 37.5 Å². The number of hydrogen-bond donors (Lipinski definition) is 1. The van der Waals surface area contributed by atoms with E-state index >= 15 is 0 Å². The summed E-state index contributed by atoms with van der Waals surface area (Å²) in [7, 11) is 1.87. The lowest BCUT2D eigenvalue weighted by atomic mass is 9.98. The standard InChI is InChI=1S/C15H22N4O2/c1-10-12(11(2)18(5)17-10)6-7-13(20)19-9-8-16-14(21)15(19,3)4/h6-7H,8-9H2,1-5H3,(H,16,21). The summed E-state index contributed by atoms with van der Waals surface area (Å²) in [6, 6.07) is 0. The highest BCUT2D eigenvalue weighted by Gasteiger charge is 2.39. The highest BCUT2D eigenvalue weighted by Crippen LogP contribution is 2.19. The van der Waals surface area contributed by atoms with Gasteiger partial charge in [-0.15, -0.1) is 0 Å². The summed E-state index contributed by atoms with van der Waals surface area (Å²) < 4.78 is 1.79. The van der Waals surface area contributed by atoms with Gasteiger partial charge in [0.25, 0.3) is 0 Å². The largest absolute Gasteiger partial charge is 0.352 e. The molecule has 2 amide bonds. The Bertz CT molecular complexity index is 613. The molecule has 0 aromatic carbocycles. The molecule has 0 unspecified atom stereocenters. The zero-order valence-electron chi connectivity index (χ0n) is 13.2. The van der Waals surface area contributed by atoms with Crippen molar-refractivity contribution in [2.45, 2.75) is 33.2 Å². The molecule has 1 aliphatic rings. The third kappa shape index (κ3) is 2.70. The van der Waals surface area contributed by atoms with Crippen molar-refractivity contribution in [3.05, 3.63) is 23.0 Å². The summed E-state index contributed by atoms with van der Waals surface area (Å²) in [5.74, 6) is -0.276. The van der Waals surface area contributed by atoms with Gasteiger partial charge in [-0.05, 0) is 33.8 Å². The van der Waals surface area contributed by atoms with Gasteiger partial charge in [0.15, 0.2) is 0 Å². The Morgan fingerprint density at radius 3 is 2.62 bits per heavy atom. The summed E-state index contributed by atoms with van der Waals surface area (Å²) in [6.07, 6.45) is 3.31. The molecule has 0 bridgehead atoms. The molecule has 1 aromatic rings. The predicted octanol–water partition coefficient (Wildman–Crippen LogP) is 0.787. The first-order valence-electron chi connectivity index (χ1n) is 7.03. The fourth-order valence-corrected chi connectivity index (χ4v) is 2.56. The fraction of sp³-hybridized carbons (Fsp3) is 0.533. The SMILES string of the molecule is Cc1nn(C)c(C)c1C=CC(=O)N1CCNC(=O)C1(C)C. The van der Waals surface area contributed by atoms with Crippen molar-refractivity contribution in [1.82, 2.24) is 20.0 Å². The minimum Gasteiger partial charge on any atom is -0.352 e. The molecule has 1 aromatic heterocycles. The first-order valence-corrected chi connectivity index (χ1v) is 7.03. The fourth-order valence-electron chi connectivity index (χ4n) is 2.56. The van der Waals surface area contributed by atoms with Crippen molar-refractivity contribution in [2.24, 2.45) is 7.05 Å². The van der Waals surface area contributed by atoms with Crippen molar-refractivity contribution in [1.29, 1.82) is 0 Å². The van der Waals surface area contributed by atoms with Crippen LogP contribution in [0, 0.1) is 13.8 Å². The molecule has 1 saturated heterocycles. The van der Waals surface area contributed by atoms with E-state index in [1.54, 1.807) is 29.5 Å². The van der Waals surface area contributed by atoms with Crippen molar-refractivity contribution < 1.29 is 9.59 Å². The third-order valence-corrected chi connectivity index (χ3v) is 4.08. The minimum absolute atomic E-state index is 0.121. The van der Waals surface area contributed by atoms with E-state index in [2.05, 4.69) is 10.4 Å². The lowest BCUT2D eigenvalue weighted by Gasteiger charge is -2.40. The van der Waals surface area contributed by atoms with Gasteiger partial charge in [-0.3, -0.25) is 14.3 Å². The number of amides is 2. The summed E-state index contributed by atoms with van der Waals surface area (Å²) >= 11 is 0. The maximum atomic E-state index is 12.4. The number of carbonyl (C=O) groups excluding carboxylic acids is 2. The van der Waals surface area contributed by atoms with Gasteiger partial charge >= 0.3 is 0 Å². The predicted molar refractivity (Wildman–Crippen MR) is 80.5 cm³/mol. The van der Waals surface area contributed by atoms with Gasteiger partial charge < -0.3 is 10.2 Å². The number of hydrogen-bond acceptors (Lipinski definition) is 3. The van der Waals surface area contributed by atoms with Crippen LogP contribution in [-0.4, -0.2) is 45.1 Å². The van der Waals surface area contributed by atoms with Crippen LogP contribution >= 0.6 is 0 Å². The number of nitrogens with zero attached hydrogens (tertiary/aromatic N) is 3. The Morgan fingerprint density at radius 1 is 1.38 bits per heavy atom. The van der Waals surface area contributed by atoms with Gasteiger partial charge in [0.05, 0.1) is 5.69 Å². The maximum Gasteiger partial charge on any atom is 0.247 e. The molecule has 114 valence electrons. The van der Waals surface area contributed by atoms with Gasteiger partial charge in [0.2, 0.25) is 11.8 Å². The monoisotopic (exact) mass is 290 g/mol. The molecule has 2 rings (SSSR count). The van der Waals surface area contributed by atoms with Crippen LogP contribution in [0.25, 0.3) is 6.08 Å². The average molecular weight is 290 g/mol. The molecule has 1 N–H and O–H groups in total. The van der Waals surface area contributed by atoms with Gasteiger partial charge in [-0.1, -0.05) is 0 Å². The van der Waals surface area contributed by atoms with Crippen LogP contribution in [0.1, 0.15) is 30.8 Å². The first kappa shape index (κ1) is 15.3. The summed E-state index contributed by atoms with van der Waals surface area (Å²) in [5, 5.41) is 7.10. The van der Waals surface area contributed by atoms with Crippen LogP contribution in [0.3, 0.4) is 0 Å². The summed E-state index contributed by atoms with van der Waals surface area (Å²) in [5.41, 5.74) is 2.02.